The van der Waals surface area contributed by atoms with E-state index in [1.807, 2.05) is 13.0 Å². The van der Waals surface area contributed by atoms with Crippen molar-refractivity contribution >= 4 is 50.5 Å². The largest absolute Gasteiger partial charge is 0.478 e. The minimum atomic E-state index is -1.18. The van der Waals surface area contributed by atoms with Crippen molar-refractivity contribution in [2.45, 2.75) is 13.0 Å². The van der Waals surface area contributed by atoms with Gasteiger partial charge in [0.1, 0.15) is 0 Å². The van der Waals surface area contributed by atoms with Crippen molar-refractivity contribution in [2.24, 2.45) is 0 Å². The molecule has 3 nitrogen and oxygen atoms in total. The fourth-order valence-electron chi connectivity index (χ4n) is 1.69. The Morgan fingerprint density at radius 1 is 1.45 bits per heavy atom. The van der Waals surface area contributed by atoms with E-state index in [4.69, 9.17) is 16.7 Å². The van der Waals surface area contributed by atoms with Crippen LogP contribution in [0.5, 0.6) is 0 Å². The summed E-state index contributed by atoms with van der Waals surface area (Å²) >= 11 is 10.2. The Morgan fingerprint density at radius 3 is 2.70 bits per heavy atom. The molecule has 1 aromatic carbocycles. The molecule has 0 saturated carbocycles. The Hall–Kier alpha value is -1.11. The summed E-state index contributed by atoms with van der Waals surface area (Å²) in [6, 6.07) is 6.27. The van der Waals surface area contributed by atoms with Crippen molar-refractivity contribution in [3.8, 4) is 0 Å². The number of hydrogen-bond donors (Lipinski definition) is 2. The summed E-state index contributed by atoms with van der Waals surface area (Å²) in [7, 11) is 0. The first-order valence-electron chi connectivity index (χ1n) is 5.63. The van der Waals surface area contributed by atoms with Crippen molar-refractivity contribution in [3.05, 3.63) is 49.3 Å². The Labute approximate surface area is 132 Å². The summed E-state index contributed by atoms with van der Waals surface area (Å²) in [5.74, 6) is -1.81. The van der Waals surface area contributed by atoms with E-state index in [9.17, 15) is 9.18 Å². The van der Waals surface area contributed by atoms with Crippen molar-refractivity contribution < 1.29 is 14.3 Å². The van der Waals surface area contributed by atoms with Crippen LogP contribution in [0.15, 0.2) is 28.7 Å². The molecule has 0 bridgehead atoms. The molecule has 1 atom stereocenters. The van der Waals surface area contributed by atoms with Crippen LogP contribution in [0, 0.1) is 5.82 Å². The van der Waals surface area contributed by atoms with E-state index in [-0.39, 0.29) is 21.8 Å². The van der Waals surface area contributed by atoms with E-state index in [1.54, 1.807) is 6.07 Å². The number of halogens is 3. The van der Waals surface area contributed by atoms with Gasteiger partial charge in [0.2, 0.25) is 0 Å². The topological polar surface area (TPSA) is 49.3 Å². The van der Waals surface area contributed by atoms with Crippen LogP contribution in [0.25, 0.3) is 0 Å². The minimum absolute atomic E-state index is 0.0635. The molecule has 0 aliphatic rings. The lowest BCUT2D eigenvalue weighted by molar-refractivity contribution is 0.0695. The van der Waals surface area contributed by atoms with Crippen LogP contribution in [0.2, 0.25) is 4.34 Å². The lowest BCUT2D eigenvalue weighted by Gasteiger charge is -2.15. The molecule has 2 rings (SSSR count). The molecule has 1 heterocycles. The van der Waals surface area contributed by atoms with Gasteiger partial charge in [0.05, 0.1) is 26.1 Å². The summed E-state index contributed by atoms with van der Waals surface area (Å²) in [6.45, 7) is 1.88. The number of benzene rings is 1. The van der Waals surface area contributed by atoms with Crippen molar-refractivity contribution in [3.63, 3.8) is 0 Å². The van der Waals surface area contributed by atoms with Crippen LogP contribution in [-0.4, -0.2) is 11.1 Å². The third kappa shape index (κ3) is 3.13. The lowest BCUT2D eigenvalue weighted by atomic mass is 10.1. The number of carboxylic acid groups (broad SMARTS) is 1. The molecule has 0 fully saturated rings. The highest BCUT2D eigenvalue weighted by Crippen LogP contribution is 2.32. The van der Waals surface area contributed by atoms with Crippen LogP contribution in [0.3, 0.4) is 0 Å². The molecular weight excluding hydrogens is 369 g/mol. The fourth-order valence-corrected chi connectivity index (χ4v) is 3.27. The molecule has 0 saturated heterocycles. The van der Waals surface area contributed by atoms with Crippen molar-refractivity contribution in [2.75, 3.05) is 5.32 Å². The first kappa shape index (κ1) is 15.3. The number of nitrogens with one attached hydrogen (secondary N) is 1. The van der Waals surface area contributed by atoms with E-state index in [1.165, 1.54) is 23.5 Å². The van der Waals surface area contributed by atoms with E-state index in [0.29, 0.717) is 4.34 Å². The fraction of sp³-hybridized carbons (Fsp3) is 0.154. The second kappa shape index (κ2) is 6.11. The number of carboxylic acids is 1. The number of carbonyl (C=O) groups is 1. The number of aromatic carboxylic acids is 1. The third-order valence-corrected chi connectivity index (χ3v) is 4.89. The second-order valence-electron chi connectivity index (χ2n) is 4.10. The van der Waals surface area contributed by atoms with Crippen LogP contribution in [-0.2, 0) is 0 Å². The summed E-state index contributed by atoms with van der Waals surface area (Å²) in [6.07, 6.45) is 0. The predicted octanol–water partition coefficient (Wildman–Crippen LogP) is 5.17. The van der Waals surface area contributed by atoms with Gasteiger partial charge in [-0.05, 0) is 47.1 Å². The molecule has 106 valence electrons. The molecule has 0 radical (unpaired) electrons. The molecule has 1 unspecified atom stereocenters. The van der Waals surface area contributed by atoms with Crippen LogP contribution >= 0.6 is 38.9 Å². The summed E-state index contributed by atoms with van der Waals surface area (Å²) in [5, 5.41) is 11.9. The second-order valence-corrected chi connectivity index (χ2v) is 6.64. The average molecular weight is 379 g/mol. The highest BCUT2D eigenvalue weighted by atomic mass is 79.9. The Kier molecular flexibility index (Phi) is 4.67. The normalized spacial score (nSPS) is 12.2. The molecule has 0 spiro atoms. The van der Waals surface area contributed by atoms with Gasteiger partial charge in [0.15, 0.2) is 5.82 Å². The van der Waals surface area contributed by atoms with Gasteiger partial charge in [-0.25, -0.2) is 9.18 Å². The lowest BCUT2D eigenvalue weighted by Crippen LogP contribution is -2.08. The Morgan fingerprint density at radius 2 is 2.15 bits per heavy atom. The van der Waals surface area contributed by atoms with Crippen LogP contribution in [0.1, 0.15) is 28.2 Å². The van der Waals surface area contributed by atoms with Gasteiger partial charge in [-0.15, -0.1) is 11.3 Å². The predicted molar refractivity (Wildman–Crippen MR) is 82.4 cm³/mol. The summed E-state index contributed by atoms with van der Waals surface area (Å²) in [4.78, 5) is 11.9. The minimum Gasteiger partial charge on any atom is -0.478 e. The van der Waals surface area contributed by atoms with E-state index in [2.05, 4.69) is 21.2 Å². The average Bonchev–Trinajstić information content (AvgIpc) is 2.81. The smallest absolute Gasteiger partial charge is 0.336 e. The Bertz CT molecular complexity index is 662. The molecule has 7 heteroatoms. The van der Waals surface area contributed by atoms with Gasteiger partial charge >= 0.3 is 5.97 Å². The molecule has 2 N–H and O–H groups in total. The zero-order chi connectivity index (χ0) is 14.9. The van der Waals surface area contributed by atoms with Gasteiger partial charge < -0.3 is 10.4 Å². The van der Waals surface area contributed by atoms with E-state index in [0.717, 1.165) is 4.88 Å². The first-order valence-corrected chi connectivity index (χ1v) is 7.62. The van der Waals surface area contributed by atoms with E-state index >= 15 is 0 Å². The molecule has 2 aromatic rings. The molecule has 20 heavy (non-hydrogen) atoms. The SMILES string of the molecule is CC(Nc1ccc(C(=O)O)c(Br)c1F)c1ccc(Cl)s1. The number of rotatable bonds is 4. The van der Waals surface area contributed by atoms with Gasteiger partial charge in [-0.2, -0.15) is 0 Å². The quantitative estimate of drug-likeness (QED) is 0.771. The molecule has 1 aromatic heterocycles. The maximum atomic E-state index is 14.1. The molecular formula is C13H10BrClFNO2S. The molecule has 0 aliphatic heterocycles. The number of anilines is 1. The molecule has 0 aliphatic carbocycles. The van der Waals surface area contributed by atoms with Gasteiger partial charge in [0, 0.05) is 4.88 Å². The summed E-state index contributed by atoms with van der Waals surface area (Å²) < 4.78 is 14.7. The maximum Gasteiger partial charge on any atom is 0.336 e. The zero-order valence-corrected chi connectivity index (χ0v) is 13.4. The van der Waals surface area contributed by atoms with Crippen molar-refractivity contribution in [1.82, 2.24) is 0 Å². The maximum absolute atomic E-state index is 14.1. The monoisotopic (exact) mass is 377 g/mol. The third-order valence-electron chi connectivity index (χ3n) is 2.71. The highest BCUT2D eigenvalue weighted by molar-refractivity contribution is 9.10. The number of thiophene rings is 1. The van der Waals surface area contributed by atoms with Crippen LogP contribution in [0.4, 0.5) is 10.1 Å². The number of hydrogen-bond acceptors (Lipinski definition) is 3. The zero-order valence-electron chi connectivity index (χ0n) is 10.3. The Balaban J connectivity index is 2.26. The highest BCUT2D eigenvalue weighted by Gasteiger charge is 2.17. The van der Waals surface area contributed by atoms with Gasteiger partial charge in [-0.3, -0.25) is 0 Å². The summed E-state index contributed by atoms with van der Waals surface area (Å²) in [5.41, 5.74) is 0.124. The van der Waals surface area contributed by atoms with Gasteiger partial charge in [0.25, 0.3) is 0 Å². The first-order chi connectivity index (χ1) is 9.40. The van der Waals surface area contributed by atoms with E-state index < -0.39 is 11.8 Å². The van der Waals surface area contributed by atoms with Crippen LogP contribution < -0.4 is 5.32 Å². The molecule has 0 amide bonds. The van der Waals surface area contributed by atoms with Gasteiger partial charge in [-0.1, -0.05) is 11.6 Å². The van der Waals surface area contributed by atoms with Crippen molar-refractivity contribution in [1.29, 1.82) is 0 Å². The standard InChI is InChI=1S/C13H10BrClFNO2S/c1-6(9-4-5-10(15)20-9)17-8-3-2-7(13(18)19)11(14)12(8)16/h2-6,17H,1H3,(H,18,19).